The smallest absolute Gasteiger partial charge is 0.338 e. The number of allylic oxidation sites excluding steroid dienone is 1. The van der Waals surface area contributed by atoms with E-state index in [1.165, 1.54) is 11.3 Å². The van der Waals surface area contributed by atoms with Gasteiger partial charge in [-0.1, -0.05) is 53.8 Å². The van der Waals surface area contributed by atoms with E-state index in [2.05, 4.69) is 50.2 Å². The van der Waals surface area contributed by atoms with E-state index in [1.54, 1.807) is 25.5 Å². The van der Waals surface area contributed by atoms with E-state index < -0.39 is 12.0 Å². The highest BCUT2D eigenvalue weighted by molar-refractivity contribution is 14.1. The van der Waals surface area contributed by atoms with Crippen molar-refractivity contribution >= 4 is 68.6 Å². The molecule has 7 nitrogen and oxygen atoms in total. The molecule has 0 spiro atoms. The van der Waals surface area contributed by atoms with Crippen LogP contribution in [0.1, 0.15) is 36.6 Å². The van der Waals surface area contributed by atoms with Gasteiger partial charge in [0.1, 0.15) is 18.1 Å². The summed E-state index contributed by atoms with van der Waals surface area (Å²) in [7, 11) is 1.59. The molecule has 1 aliphatic rings. The lowest BCUT2D eigenvalue weighted by atomic mass is 9.96. The van der Waals surface area contributed by atoms with Crippen molar-refractivity contribution in [2.24, 2.45) is 4.99 Å². The maximum atomic E-state index is 13.9. The monoisotopic (exact) mass is 792 g/mol. The van der Waals surface area contributed by atoms with Crippen molar-refractivity contribution in [2.45, 2.75) is 26.5 Å². The quantitative estimate of drug-likeness (QED) is 0.172. The van der Waals surface area contributed by atoms with E-state index in [1.807, 2.05) is 72.8 Å². The van der Waals surface area contributed by atoms with Gasteiger partial charge in [0.25, 0.3) is 5.56 Å². The Bertz CT molecular complexity index is 1790. The molecule has 1 atom stereocenters. The standard InChI is InChI=1S/C31H26I2N2O5S/c1-4-39-30(37)26-18(2)34-31-35(27(26)21-10-12-22(38-3)13-11-21)29(36)25(41-31)16-20-14-23(32)28(24(33)15-20)40-17-19-8-6-5-7-9-19/h5-16,27H,4,17H2,1-3H3/b25-16-/t27-/m1/s1. The Morgan fingerprint density at radius 3 is 2.39 bits per heavy atom. The number of benzene rings is 3. The molecule has 0 N–H and O–H groups in total. The highest BCUT2D eigenvalue weighted by atomic mass is 127. The lowest BCUT2D eigenvalue weighted by molar-refractivity contribution is -0.139. The number of carbonyl (C=O) groups is 1. The summed E-state index contributed by atoms with van der Waals surface area (Å²) >= 11 is 5.82. The molecule has 2 heterocycles. The van der Waals surface area contributed by atoms with Crippen LogP contribution in [-0.2, 0) is 16.1 Å². The molecule has 41 heavy (non-hydrogen) atoms. The van der Waals surface area contributed by atoms with E-state index in [4.69, 9.17) is 14.2 Å². The Morgan fingerprint density at radius 2 is 1.76 bits per heavy atom. The average Bonchev–Trinajstić information content (AvgIpc) is 3.26. The second kappa shape index (κ2) is 12.9. The molecule has 0 saturated carbocycles. The van der Waals surface area contributed by atoms with Crippen LogP contribution in [0.2, 0.25) is 0 Å². The summed E-state index contributed by atoms with van der Waals surface area (Å²) < 4.78 is 20.8. The molecule has 0 saturated heterocycles. The van der Waals surface area contributed by atoms with Crippen LogP contribution >= 0.6 is 56.5 Å². The summed E-state index contributed by atoms with van der Waals surface area (Å²) in [4.78, 5) is 32.2. The zero-order chi connectivity index (χ0) is 29.1. The minimum Gasteiger partial charge on any atom is -0.497 e. The Morgan fingerprint density at radius 1 is 1.07 bits per heavy atom. The second-order valence-corrected chi connectivity index (χ2v) is 12.5. The number of aromatic nitrogens is 1. The van der Waals surface area contributed by atoms with Crippen LogP contribution in [0, 0.1) is 7.14 Å². The molecule has 1 aliphatic heterocycles. The lowest BCUT2D eigenvalue weighted by Gasteiger charge is -2.24. The molecule has 3 aromatic carbocycles. The fourth-order valence-corrected chi connectivity index (χ4v) is 7.75. The number of hydrogen-bond acceptors (Lipinski definition) is 7. The van der Waals surface area contributed by atoms with Gasteiger partial charge in [-0.05, 0) is 106 Å². The minimum atomic E-state index is -0.674. The SMILES string of the molecule is CCOC(=O)C1=C(C)N=c2s/c(=C\c3cc(I)c(OCc4ccccc4)c(I)c3)c(=O)n2[C@@H]1c1ccc(OC)cc1. The molecule has 0 aliphatic carbocycles. The number of esters is 1. The van der Waals surface area contributed by atoms with Gasteiger partial charge < -0.3 is 14.2 Å². The molecule has 210 valence electrons. The van der Waals surface area contributed by atoms with Crippen molar-refractivity contribution in [3.05, 3.63) is 122 Å². The predicted molar refractivity (Wildman–Crippen MR) is 176 cm³/mol. The topological polar surface area (TPSA) is 79.1 Å². The van der Waals surface area contributed by atoms with Crippen LogP contribution in [0.5, 0.6) is 11.5 Å². The molecule has 5 rings (SSSR count). The molecule has 0 amide bonds. The lowest BCUT2D eigenvalue weighted by Crippen LogP contribution is -2.39. The number of nitrogens with zero attached hydrogens (tertiary/aromatic N) is 2. The summed E-state index contributed by atoms with van der Waals surface area (Å²) in [5.74, 6) is 1.00. The molecule has 1 aromatic heterocycles. The van der Waals surface area contributed by atoms with Gasteiger partial charge in [0, 0.05) is 0 Å². The highest BCUT2D eigenvalue weighted by Gasteiger charge is 2.33. The van der Waals surface area contributed by atoms with Gasteiger partial charge in [0.05, 0.1) is 42.7 Å². The van der Waals surface area contributed by atoms with Gasteiger partial charge in [0.15, 0.2) is 4.80 Å². The molecule has 0 unspecified atom stereocenters. The van der Waals surface area contributed by atoms with Crippen molar-refractivity contribution in [1.82, 2.24) is 4.57 Å². The van der Waals surface area contributed by atoms with Crippen LogP contribution in [-0.4, -0.2) is 24.3 Å². The molecular formula is C31H26I2N2O5S. The number of thiazole rings is 1. The fourth-order valence-electron chi connectivity index (χ4n) is 4.57. The van der Waals surface area contributed by atoms with Crippen molar-refractivity contribution in [1.29, 1.82) is 0 Å². The number of halogens is 2. The second-order valence-electron chi connectivity index (χ2n) is 9.16. The van der Waals surface area contributed by atoms with Gasteiger partial charge in [-0.2, -0.15) is 0 Å². The van der Waals surface area contributed by atoms with Gasteiger partial charge in [-0.15, -0.1) is 0 Å². The van der Waals surface area contributed by atoms with E-state index >= 15 is 0 Å². The third kappa shape index (κ3) is 6.28. The normalized spacial score (nSPS) is 14.9. The van der Waals surface area contributed by atoms with Crippen LogP contribution in [0.25, 0.3) is 6.08 Å². The molecule has 0 radical (unpaired) electrons. The summed E-state index contributed by atoms with van der Waals surface area (Å²) in [5.41, 5.74) is 3.38. The Kier molecular flexibility index (Phi) is 9.29. The zero-order valence-electron chi connectivity index (χ0n) is 22.5. The van der Waals surface area contributed by atoms with Crippen LogP contribution in [0.3, 0.4) is 0 Å². The molecule has 0 fully saturated rings. The summed E-state index contributed by atoms with van der Waals surface area (Å²) in [6.07, 6.45) is 1.86. The number of ether oxygens (including phenoxy) is 3. The van der Waals surface area contributed by atoms with E-state index in [9.17, 15) is 9.59 Å². The zero-order valence-corrected chi connectivity index (χ0v) is 27.7. The third-order valence-electron chi connectivity index (χ3n) is 6.49. The largest absolute Gasteiger partial charge is 0.497 e. The van der Waals surface area contributed by atoms with E-state index in [-0.39, 0.29) is 12.2 Å². The molecule has 0 bridgehead atoms. The molecular weight excluding hydrogens is 766 g/mol. The Labute approximate surface area is 268 Å². The maximum Gasteiger partial charge on any atom is 0.338 e. The number of methoxy groups -OCH3 is 1. The van der Waals surface area contributed by atoms with Gasteiger partial charge >= 0.3 is 5.97 Å². The first kappa shape index (κ1) is 29.5. The van der Waals surface area contributed by atoms with Crippen LogP contribution in [0.4, 0.5) is 0 Å². The number of carbonyl (C=O) groups excluding carboxylic acids is 1. The van der Waals surface area contributed by atoms with Crippen LogP contribution in [0.15, 0.2) is 87.8 Å². The summed E-state index contributed by atoms with van der Waals surface area (Å²) in [5, 5.41) is 0. The average molecular weight is 792 g/mol. The van der Waals surface area contributed by atoms with Crippen LogP contribution < -0.4 is 24.4 Å². The summed E-state index contributed by atoms with van der Waals surface area (Å²) in [6.45, 7) is 4.22. The van der Waals surface area contributed by atoms with Gasteiger partial charge in [0.2, 0.25) is 0 Å². The Balaban J connectivity index is 1.56. The van der Waals surface area contributed by atoms with Gasteiger partial charge in [-0.3, -0.25) is 9.36 Å². The third-order valence-corrected chi connectivity index (χ3v) is 9.08. The van der Waals surface area contributed by atoms with Gasteiger partial charge in [-0.25, -0.2) is 9.79 Å². The highest BCUT2D eigenvalue weighted by Crippen LogP contribution is 2.32. The van der Waals surface area contributed by atoms with E-state index in [0.29, 0.717) is 33.0 Å². The van der Waals surface area contributed by atoms with Crippen molar-refractivity contribution in [2.75, 3.05) is 13.7 Å². The first-order valence-electron chi connectivity index (χ1n) is 12.8. The predicted octanol–water partition coefficient (Wildman–Crippen LogP) is 5.60. The van der Waals surface area contributed by atoms with E-state index in [0.717, 1.165) is 29.6 Å². The minimum absolute atomic E-state index is 0.220. The maximum absolute atomic E-state index is 13.9. The molecule has 4 aromatic rings. The van der Waals surface area contributed by atoms with Crippen molar-refractivity contribution in [3.63, 3.8) is 0 Å². The fraction of sp³-hybridized carbons (Fsp3) is 0.194. The van der Waals surface area contributed by atoms with Crippen molar-refractivity contribution < 1.29 is 19.0 Å². The van der Waals surface area contributed by atoms with Crippen molar-refractivity contribution in [3.8, 4) is 11.5 Å². The number of hydrogen-bond donors (Lipinski definition) is 0. The number of fused-ring (bicyclic) bond motifs is 1. The summed E-state index contributed by atoms with van der Waals surface area (Å²) in [6, 6.07) is 20.7. The molecule has 10 heteroatoms. The Hall–Kier alpha value is -2.97. The number of rotatable bonds is 8. The first-order chi connectivity index (χ1) is 19.8. The first-order valence-corrected chi connectivity index (χ1v) is 15.8.